The van der Waals surface area contributed by atoms with Crippen LogP contribution in [0, 0.1) is 5.92 Å². The molecule has 2 heterocycles. The van der Waals surface area contributed by atoms with Crippen LogP contribution in [0.2, 0.25) is 0 Å². The average molecular weight is 245 g/mol. The molecule has 3 rings (SSSR count). The van der Waals surface area contributed by atoms with Gasteiger partial charge in [0.2, 0.25) is 0 Å². The zero-order valence-corrected chi connectivity index (χ0v) is 10.8. The molecule has 2 aliphatic rings. The number of benzene rings is 1. The van der Waals surface area contributed by atoms with Crippen LogP contribution in [0.25, 0.3) is 0 Å². The predicted octanol–water partition coefficient (Wildman–Crippen LogP) is 2.64. The van der Waals surface area contributed by atoms with E-state index in [-0.39, 0.29) is 12.0 Å². The molecule has 1 unspecified atom stereocenters. The second-order valence-electron chi connectivity index (χ2n) is 5.75. The standard InChI is InChI=1S/C15H19NO2/c1-9-7-13-12-6-4-3-5-11(12)10(2)14(15(17)18)16(13)8-9/h3-6,9-10,13-14H,7-8H2,1-2H3,(H,17,18)/t9-,10?,13-,14+/m1/s1. The van der Waals surface area contributed by atoms with E-state index in [0.29, 0.717) is 12.0 Å². The quantitative estimate of drug-likeness (QED) is 0.827. The molecule has 0 aliphatic carbocycles. The van der Waals surface area contributed by atoms with E-state index in [1.807, 2.05) is 13.0 Å². The van der Waals surface area contributed by atoms with E-state index in [1.54, 1.807) is 0 Å². The highest BCUT2D eigenvalue weighted by molar-refractivity contribution is 5.76. The molecule has 1 aromatic rings. The van der Waals surface area contributed by atoms with Crippen LogP contribution in [-0.2, 0) is 4.79 Å². The summed E-state index contributed by atoms with van der Waals surface area (Å²) in [6.45, 7) is 5.15. The van der Waals surface area contributed by atoms with Gasteiger partial charge in [0.1, 0.15) is 6.04 Å². The zero-order chi connectivity index (χ0) is 12.9. The smallest absolute Gasteiger partial charge is 0.321 e. The van der Waals surface area contributed by atoms with Crippen molar-refractivity contribution in [3.05, 3.63) is 35.4 Å². The van der Waals surface area contributed by atoms with Gasteiger partial charge in [0.05, 0.1) is 0 Å². The van der Waals surface area contributed by atoms with Gasteiger partial charge in [-0.25, -0.2) is 0 Å². The van der Waals surface area contributed by atoms with Crippen LogP contribution in [-0.4, -0.2) is 28.6 Å². The largest absolute Gasteiger partial charge is 0.480 e. The molecular weight excluding hydrogens is 226 g/mol. The number of nitrogens with zero attached hydrogens (tertiary/aromatic N) is 1. The maximum atomic E-state index is 11.6. The fourth-order valence-electron chi connectivity index (χ4n) is 3.73. The molecule has 0 spiro atoms. The molecule has 2 aliphatic heterocycles. The van der Waals surface area contributed by atoms with Gasteiger partial charge in [0.25, 0.3) is 0 Å². The second kappa shape index (κ2) is 4.09. The van der Waals surface area contributed by atoms with Gasteiger partial charge in [-0.15, -0.1) is 0 Å². The lowest BCUT2D eigenvalue weighted by Crippen LogP contribution is -2.47. The fourth-order valence-corrected chi connectivity index (χ4v) is 3.73. The summed E-state index contributed by atoms with van der Waals surface area (Å²) < 4.78 is 0. The Kier molecular flexibility index (Phi) is 2.67. The van der Waals surface area contributed by atoms with Gasteiger partial charge in [0, 0.05) is 18.5 Å². The number of carbonyl (C=O) groups is 1. The van der Waals surface area contributed by atoms with Gasteiger partial charge in [0.15, 0.2) is 0 Å². The number of carboxylic acids is 1. The van der Waals surface area contributed by atoms with Crippen molar-refractivity contribution in [3.8, 4) is 0 Å². The van der Waals surface area contributed by atoms with Crippen LogP contribution in [0.5, 0.6) is 0 Å². The van der Waals surface area contributed by atoms with Crippen LogP contribution < -0.4 is 0 Å². The molecule has 0 radical (unpaired) electrons. The number of hydrogen-bond donors (Lipinski definition) is 1. The summed E-state index contributed by atoms with van der Waals surface area (Å²) in [5.74, 6) is -0.0356. The Labute approximate surface area is 107 Å². The average Bonchev–Trinajstić information content (AvgIpc) is 2.70. The van der Waals surface area contributed by atoms with E-state index in [4.69, 9.17) is 0 Å². The molecule has 0 aromatic heterocycles. The molecule has 1 fully saturated rings. The minimum absolute atomic E-state index is 0.0697. The van der Waals surface area contributed by atoms with Gasteiger partial charge in [-0.1, -0.05) is 38.1 Å². The molecule has 4 atom stereocenters. The van der Waals surface area contributed by atoms with E-state index in [1.165, 1.54) is 11.1 Å². The van der Waals surface area contributed by atoms with Crippen molar-refractivity contribution in [2.75, 3.05) is 6.54 Å². The number of aliphatic carboxylic acids is 1. The van der Waals surface area contributed by atoms with Crippen molar-refractivity contribution < 1.29 is 9.90 Å². The van der Waals surface area contributed by atoms with Crippen LogP contribution in [0.15, 0.2) is 24.3 Å². The molecule has 1 saturated heterocycles. The second-order valence-corrected chi connectivity index (χ2v) is 5.75. The van der Waals surface area contributed by atoms with Crippen molar-refractivity contribution in [2.24, 2.45) is 5.92 Å². The van der Waals surface area contributed by atoms with Crippen molar-refractivity contribution >= 4 is 5.97 Å². The third kappa shape index (κ3) is 1.57. The third-order valence-corrected chi connectivity index (χ3v) is 4.48. The van der Waals surface area contributed by atoms with E-state index in [2.05, 4.69) is 30.0 Å². The van der Waals surface area contributed by atoms with Crippen LogP contribution in [0.4, 0.5) is 0 Å². The normalized spacial score (nSPS) is 35.0. The first-order chi connectivity index (χ1) is 8.59. The third-order valence-electron chi connectivity index (χ3n) is 4.48. The van der Waals surface area contributed by atoms with Crippen molar-refractivity contribution in [2.45, 2.75) is 38.3 Å². The molecule has 0 amide bonds. The van der Waals surface area contributed by atoms with Crippen molar-refractivity contribution in [1.82, 2.24) is 4.90 Å². The lowest BCUT2D eigenvalue weighted by molar-refractivity contribution is -0.145. The molecular formula is C15H19NO2. The lowest BCUT2D eigenvalue weighted by Gasteiger charge is -2.40. The highest BCUT2D eigenvalue weighted by atomic mass is 16.4. The number of rotatable bonds is 1. The van der Waals surface area contributed by atoms with Gasteiger partial charge in [-0.3, -0.25) is 9.69 Å². The molecule has 0 bridgehead atoms. The van der Waals surface area contributed by atoms with E-state index in [9.17, 15) is 9.90 Å². The van der Waals surface area contributed by atoms with E-state index >= 15 is 0 Å². The van der Waals surface area contributed by atoms with E-state index in [0.717, 1.165) is 13.0 Å². The monoisotopic (exact) mass is 245 g/mol. The van der Waals surface area contributed by atoms with E-state index < -0.39 is 5.97 Å². The maximum Gasteiger partial charge on any atom is 0.321 e. The molecule has 96 valence electrons. The molecule has 1 N–H and O–H groups in total. The molecule has 3 nitrogen and oxygen atoms in total. The minimum Gasteiger partial charge on any atom is -0.480 e. The molecule has 1 aromatic carbocycles. The Hall–Kier alpha value is -1.35. The molecule has 0 saturated carbocycles. The van der Waals surface area contributed by atoms with Gasteiger partial charge in [-0.2, -0.15) is 0 Å². The first-order valence-electron chi connectivity index (χ1n) is 6.67. The van der Waals surface area contributed by atoms with Crippen LogP contribution in [0.3, 0.4) is 0 Å². The summed E-state index contributed by atoms with van der Waals surface area (Å²) >= 11 is 0. The Morgan fingerprint density at radius 2 is 1.94 bits per heavy atom. The summed E-state index contributed by atoms with van der Waals surface area (Å²) in [4.78, 5) is 13.8. The van der Waals surface area contributed by atoms with Crippen molar-refractivity contribution in [3.63, 3.8) is 0 Å². The van der Waals surface area contributed by atoms with Crippen molar-refractivity contribution in [1.29, 1.82) is 0 Å². The Morgan fingerprint density at radius 3 is 2.61 bits per heavy atom. The predicted molar refractivity (Wildman–Crippen MR) is 69.5 cm³/mol. The number of fused-ring (bicyclic) bond motifs is 3. The van der Waals surface area contributed by atoms with Crippen LogP contribution >= 0.6 is 0 Å². The summed E-state index contributed by atoms with van der Waals surface area (Å²) in [7, 11) is 0. The topological polar surface area (TPSA) is 40.5 Å². The maximum absolute atomic E-state index is 11.6. The van der Waals surface area contributed by atoms with Gasteiger partial charge >= 0.3 is 5.97 Å². The summed E-state index contributed by atoms with van der Waals surface area (Å²) in [5, 5.41) is 9.53. The highest BCUT2D eigenvalue weighted by Gasteiger charge is 2.46. The summed E-state index contributed by atoms with van der Waals surface area (Å²) in [6.07, 6.45) is 1.08. The van der Waals surface area contributed by atoms with Crippen LogP contribution in [0.1, 0.15) is 43.4 Å². The number of carboxylic acid groups (broad SMARTS) is 1. The molecule has 3 heteroatoms. The minimum atomic E-state index is -0.684. The zero-order valence-electron chi connectivity index (χ0n) is 10.8. The van der Waals surface area contributed by atoms with Gasteiger partial charge < -0.3 is 5.11 Å². The van der Waals surface area contributed by atoms with Gasteiger partial charge in [-0.05, 0) is 23.5 Å². The first-order valence-corrected chi connectivity index (χ1v) is 6.67. The fraction of sp³-hybridized carbons (Fsp3) is 0.533. The highest BCUT2D eigenvalue weighted by Crippen LogP contribution is 2.46. The lowest BCUT2D eigenvalue weighted by atomic mass is 9.81. The Bertz CT molecular complexity index is 485. The summed E-state index contributed by atoms with van der Waals surface area (Å²) in [5.41, 5.74) is 2.56. The summed E-state index contributed by atoms with van der Waals surface area (Å²) in [6, 6.07) is 8.27. The SMILES string of the molecule is CC1c2ccccc2[C@H]2C[C@@H](C)CN2[C@@H]1C(=O)O. The Morgan fingerprint density at radius 1 is 1.28 bits per heavy atom. The number of hydrogen-bond acceptors (Lipinski definition) is 2. The Balaban J connectivity index is 2.11. The molecule has 18 heavy (non-hydrogen) atoms. The first kappa shape index (κ1) is 11.7.